The van der Waals surface area contributed by atoms with Gasteiger partial charge in [0.1, 0.15) is 6.20 Å². The summed E-state index contributed by atoms with van der Waals surface area (Å²) in [7, 11) is 0. The summed E-state index contributed by atoms with van der Waals surface area (Å²) in [6, 6.07) is 4.90. The van der Waals surface area contributed by atoms with Gasteiger partial charge in [0.05, 0.1) is 9.95 Å². The van der Waals surface area contributed by atoms with Crippen LogP contribution >= 0.6 is 11.6 Å². The number of hydrogen-bond acceptors (Lipinski definition) is 4. The lowest BCUT2D eigenvalue weighted by Crippen LogP contribution is -2.07. The second kappa shape index (κ2) is 4.19. The van der Waals surface area contributed by atoms with Gasteiger partial charge in [-0.05, 0) is 12.1 Å². The first-order chi connectivity index (χ1) is 7.66. The maximum atomic E-state index is 10.5. The van der Waals surface area contributed by atoms with Crippen LogP contribution < -0.4 is 5.43 Å². The summed E-state index contributed by atoms with van der Waals surface area (Å²) >= 11 is 5.85. The van der Waals surface area contributed by atoms with Gasteiger partial charge in [-0.1, -0.05) is 11.6 Å². The zero-order valence-electron chi connectivity index (χ0n) is 8.00. The van der Waals surface area contributed by atoms with Crippen LogP contribution in [-0.4, -0.2) is 14.6 Å². The van der Waals surface area contributed by atoms with Gasteiger partial charge in [0.15, 0.2) is 5.82 Å². The van der Waals surface area contributed by atoms with E-state index in [1.54, 1.807) is 17.1 Å². The monoisotopic (exact) mass is 238 g/mol. The van der Waals surface area contributed by atoms with Crippen molar-refractivity contribution in [2.24, 2.45) is 0 Å². The number of anilines is 1. The maximum absolute atomic E-state index is 10.5. The van der Waals surface area contributed by atoms with E-state index < -0.39 is 4.92 Å². The molecule has 1 N–H and O–H groups in total. The van der Waals surface area contributed by atoms with E-state index >= 15 is 0 Å². The summed E-state index contributed by atoms with van der Waals surface area (Å²) in [4.78, 5) is 13.8. The van der Waals surface area contributed by atoms with Crippen molar-refractivity contribution in [1.29, 1.82) is 0 Å². The topological polar surface area (TPSA) is 73.0 Å². The molecule has 6 nitrogen and oxygen atoms in total. The Morgan fingerprint density at radius 3 is 2.69 bits per heavy atom. The van der Waals surface area contributed by atoms with E-state index in [4.69, 9.17) is 11.6 Å². The van der Waals surface area contributed by atoms with Crippen LogP contribution in [0.25, 0.3) is 0 Å². The van der Waals surface area contributed by atoms with Gasteiger partial charge in [0.2, 0.25) is 0 Å². The number of pyridine rings is 1. The molecular weight excluding hydrogens is 232 g/mol. The van der Waals surface area contributed by atoms with Gasteiger partial charge in [0.25, 0.3) is 5.69 Å². The van der Waals surface area contributed by atoms with Crippen molar-refractivity contribution in [3.8, 4) is 0 Å². The van der Waals surface area contributed by atoms with Crippen molar-refractivity contribution in [2.75, 3.05) is 5.43 Å². The highest BCUT2D eigenvalue weighted by molar-refractivity contribution is 6.33. The van der Waals surface area contributed by atoms with Crippen LogP contribution in [0.3, 0.4) is 0 Å². The molecule has 2 aromatic heterocycles. The lowest BCUT2D eigenvalue weighted by atomic mass is 10.4. The Bertz CT molecular complexity index is 512. The molecule has 0 saturated heterocycles. The molecule has 0 fully saturated rings. The Hall–Kier alpha value is -2.08. The largest absolute Gasteiger partial charge is 0.289 e. The number of nitro groups is 1. The number of aromatic nitrogens is 2. The third-order valence-corrected chi connectivity index (χ3v) is 2.17. The molecule has 2 aromatic rings. The maximum Gasteiger partial charge on any atom is 0.289 e. The summed E-state index contributed by atoms with van der Waals surface area (Å²) in [6.07, 6.45) is 4.68. The molecule has 0 aliphatic carbocycles. The Morgan fingerprint density at radius 2 is 2.12 bits per heavy atom. The minimum absolute atomic E-state index is 0.136. The highest BCUT2D eigenvalue weighted by Crippen LogP contribution is 2.23. The smallest absolute Gasteiger partial charge is 0.277 e. The molecule has 2 rings (SSSR count). The molecule has 0 bridgehead atoms. The molecule has 7 heteroatoms. The van der Waals surface area contributed by atoms with Gasteiger partial charge in [-0.2, -0.15) is 0 Å². The standard InChI is InChI=1S/C9H7ClN4O2/c10-8-5-7(14(15)16)6-11-9(8)12-13-3-1-2-4-13/h1-6H,(H,11,12). The summed E-state index contributed by atoms with van der Waals surface area (Å²) in [5.41, 5.74) is 2.73. The van der Waals surface area contributed by atoms with Gasteiger partial charge < -0.3 is 0 Å². The van der Waals surface area contributed by atoms with Gasteiger partial charge >= 0.3 is 0 Å². The van der Waals surface area contributed by atoms with E-state index in [0.29, 0.717) is 5.82 Å². The molecule has 0 amide bonds. The summed E-state index contributed by atoms with van der Waals surface area (Å²) < 4.78 is 1.64. The Labute approximate surface area is 95.6 Å². The fourth-order valence-electron chi connectivity index (χ4n) is 1.14. The normalized spacial score (nSPS) is 10.1. The highest BCUT2D eigenvalue weighted by Gasteiger charge is 2.10. The minimum atomic E-state index is -0.543. The van der Waals surface area contributed by atoms with Crippen LogP contribution in [0.4, 0.5) is 11.5 Å². The fourth-order valence-corrected chi connectivity index (χ4v) is 1.34. The average molecular weight is 239 g/mol. The minimum Gasteiger partial charge on any atom is -0.277 e. The molecule has 0 atom stereocenters. The summed E-state index contributed by atoms with van der Waals surface area (Å²) in [5, 5.41) is 10.7. The van der Waals surface area contributed by atoms with Crippen LogP contribution in [0.2, 0.25) is 5.02 Å². The van der Waals surface area contributed by atoms with Crippen LogP contribution in [0.5, 0.6) is 0 Å². The molecule has 0 spiro atoms. The van der Waals surface area contributed by atoms with Crippen molar-refractivity contribution >= 4 is 23.1 Å². The number of hydrogen-bond donors (Lipinski definition) is 1. The lowest BCUT2D eigenvalue weighted by molar-refractivity contribution is -0.385. The predicted molar refractivity (Wildman–Crippen MR) is 59.4 cm³/mol. The number of nitrogens with zero attached hydrogens (tertiary/aromatic N) is 3. The first kappa shape index (κ1) is 10.4. The van der Waals surface area contributed by atoms with Crippen LogP contribution in [-0.2, 0) is 0 Å². The Balaban J connectivity index is 2.26. The summed E-state index contributed by atoms with van der Waals surface area (Å²) in [5.74, 6) is 0.364. The molecule has 0 aromatic carbocycles. The van der Waals surface area contributed by atoms with E-state index in [2.05, 4.69) is 10.4 Å². The van der Waals surface area contributed by atoms with E-state index in [1.807, 2.05) is 12.1 Å². The molecule has 0 radical (unpaired) electrons. The Kier molecular flexibility index (Phi) is 2.74. The third-order valence-electron chi connectivity index (χ3n) is 1.88. The molecule has 16 heavy (non-hydrogen) atoms. The van der Waals surface area contributed by atoms with E-state index in [-0.39, 0.29) is 10.7 Å². The Morgan fingerprint density at radius 1 is 1.44 bits per heavy atom. The summed E-state index contributed by atoms with van der Waals surface area (Å²) in [6.45, 7) is 0. The first-order valence-corrected chi connectivity index (χ1v) is 4.74. The molecule has 2 heterocycles. The van der Waals surface area contributed by atoms with Gasteiger partial charge in [-0.15, -0.1) is 0 Å². The zero-order valence-corrected chi connectivity index (χ0v) is 8.76. The van der Waals surface area contributed by atoms with Crippen molar-refractivity contribution < 1.29 is 4.92 Å². The molecule has 0 unspecified atom stereocenters. The third kappa shape index (κ3) is 2.12. The van der Waals surface area contributed by atoms with E-state index in [9.17, 15) is 10.1 Å². The van der Waals surface area contributed by atoms with Crippen molar-refractivity contribution in [1.82, 2.24) is 9.66 Å². The van der Waals surface area contributed by atoms with Crippen LogP contribution in [0, 0.1) is 10.1 Å². The molecular formula is C9H7ClN4O2. The first-order valence-electron chi connectivity index (χ1n) is 4.37. The van der Waals surface area contributed by atoms with E-state index in [1.165, 1.54) is 6.07 Å². The quantitative estimate of drug-likeness (QED) is 0.658. The lowest BCUT2D eigenvalue weighted by Gasteiger charge is -2.07. The average Bonchev–Trinajstić information content (AvgIpc) is 2.73. The zero-order chi connectivity index (χ0) is 11.5. The molecule has 0 aliphatic rings. The van der Waals surface area contributed by atoms with Crippen LogP contribution in [0.1, 0.15) is 0 Å². The van der Waals surface area contributed by atoms with Crippen molar-refractivity contribution in [3.63, 3.8) is 0 Å². The van der Waals surface area contributed by atoms with Crippen LogP contribution in [0.15, 0.2) is 36.8 Å². The number of rotatable bonds is 3. The van der Waals surface area contributed by atoms with Crippen molar-refractivity contribution in [2.45, 2.75) is 0 Å². The predicted octanol–water partition coefficient (Wildman–Crippen LogP) is 2.32. The highest BCUT2D eigenvalue weighted by atomic mass is 35.5. The second-order valence-electron chi connectivity index (χ2n) is 2.98. The number of halogens is 1. The molecule has 0 aliphatic heterocycles. The molecule has 82 valence electrons. The van der Waals surface area contributed by atoms with E-state index in [0.717, 1.165) is 6.20 Å². The van der Waals surface area contributed by atoms with Gasteiger partial charge in [-0.25, -0.2) is 4.98 Å². The van der Waals surface area contributed by atoms with Gasteiger partial charge in [0, 0.05) is 18.5 Å². The fraction of sp³-hybridized carbons (Fsp3) is 0. The SMILES string of the molecule is O=[N+]([O-])c1cnc(Nn2cccc2)c(Cl)c1. The van der Waals surface area contributed by atoms with Gasteiger partial charge in [-0.3, -0.25) is 20.2 Å². The molecule has 0 saturated carbocycles. The number of nitrogens with one attached hydrogen (secondary N) is 1. The second-order valence-corrected chi connectivity index (χ2v) is 3.39. The van der Waals surface area contributed by atoms with Crippen molar-refractivity contribution in [3.05, 3.63) is 51.9 Å².